The Bertz CT molecular complexity index is 356. The van der Waals surface area contributed by atoms with Gasteiger partial charge in [-0.25, -0.2) is 0 Å². The summed E-state index contributed by atoms with van der Waals surface area (Å²) in [4.78, 5) is 11.8. The molecule has 0 bridgehead atoms. The standard InChI is InChI=1S/C13H20N2OS.ClH/c1-10-12(3-2-7-14-10)15-13(16)5-4-11-6-8-17-9-11;/h6,8-10,12,14H,2-5,7H2,1H3,(H,15,16);1H. The Balaban J connectivity index is 0.00000162. The number of nitrogens with one attached hydrogen (secondary N) is 2. The molecule has 3 nitrogen and oxygen atoms in total. The summed E-state index contributed by atoms with van der Waals surface area (Å²) in [6.07, 6.45) is 3.70. The minimum Gasteiger partial charge on any atom is -0.352 e. The molecule has 0 spiro atoms. The van der Waals surface area contributed by atoms with Crippen LogP contribution in [0, 0.1) is 0 Å². The van der Waals surface area contributed by atoms with Crippen molar-refractivity contribution in [3.05, 3.63) is 22.4 Å². The summed E-state index contributed by atoms with van der Waals surface area (Å²) in [6, 6.07) is 2.79. The third kappa shape index (κ3) is 4.59. The van der Waals surface area contributed by atoms with Crippen LogP contribution in [0.5, 0.6) is 0 Å². The summed E-state index contributed by atoms with van der Waals surface area (Å²) in [6.45, 7) is 3.21. The van der Waals surface area contributed by atoms with Gasteiger partial charge in [-0.3, -0.25) is 4.79 Å². The molecule has 18 heavy (non-hydrogen) atoms. The van der Waals surface area contributed by atoms with E-state index in [4.69, 9.17) is 0 Å². The lowest BCUT2D eigenvalue weighted by Gasteiger charge is -2.30. The second kappa shape index (κ2) is 7.77. The van der Waals surface area contributed by atoms with Crippen LogP contribution in [0.15, 0.2) is 16.8 Å². The third-order valence-corrected chi connectivity index (χ3v) is 4.06. The predicted octanol–water partition coefficient (Wildman–Crippen LogP) is 2.36. The fourth-order valence-electron chi connectivity index (χ4n) is 2.21. The van der Waals surface area contributed by atoms with Crippen molar-refractivity contribution in [3.63, 3.8) is 0 Å². The van der Waals surface area contributed by atoms with E-state index in [9.17, 15) is 4.79 Å². The summed E-state index contributed by atoms with van der Waals surface area (Å²) < 4.78 is 0. The summed E-state index contributed by atoms with van der Waals surface area (Å²) in [5, 5.41) is 10.7. The number of halogens is 1. The van der Waals surface area contributed by atoms with Crippen LogP contribution >= 0.6 is 23.7 Å². The molecule has 1 aromatic heterocycles. The number of piperidine rings is 1. The Hall–Kier alpha value is -0.580. The smallest absolute Gasteiger partial charge is 0.220 e. The van der Waals surface area contributed by atoms with Crippen LogP contribution in [0.2, 0.25) is 0 Å². The molecule has 2 rings (SSSR count). The van der Waals surface area contributed by atoms with Gasteiger partial charge in [-0.1, -0.05) is 0 Å². The van der Waals surface area contributed by atoms with Crippen molar-refractivity contribution in [2.45, 2.75) is 44.7 Å². The molecule has 0 radical (unpaired) electrons. The fourth-order valence-corrected chi connectivity index (χ4v) is 2.92. The van der Waals surface area contributed by atoms with Crippen molar-refractivity contribution in [2.24, 2.45) is 0 Å². The van der Waals surface area contributed by atoms with E-state index in [1.54, 1.807) is 11.3 Å². The van der Waals surface area contributed by atoms with Crippen molar-refractivity contribution in [1.29, 1.82) is 0 Å². The summed E-state index contributed by atoms with van der Waals surface area (Å²) >= 11 is 1.69. The molecule has 1 amide bonds. The van der Waals surface area contributed by atoms with E-state index in [0.717, 1.165) is 25.8 Å². The van der Waals surface area contributed by atoms with Gasteiger partial charge >= 0.3 is 0 Å². The average molecular weight is 289 g/mol. The van der Waals surface area contributed by atoms with Crippen molar-refractivity contribution < 1.29 is 4.79 Å². The lowest BCUT2D eigenvalue weighted by atomic mass is 9.99. The number of hydrogen-bond acceptors (Lipinski definition) is 3. The number of hydrogen-bond donors (Lipinski definition) is 2. The first-order chi connectivity index (χ1) is 8.25. The minimum atomic E-state index is 0. The lowest BCUT2D eigenvalue weighted by molar-refractivity contribution is -0.122. The number of thiophene rings is 1. The van der Waals surface area contributed by atoms with Crippen LogP contribution in [-0.2, 0) is 11.2 Å². The molecule has 2 heterocycles. The largest absolute Gasteiger partial charge is 0.352 e. The van der Waals surface area contributed by atoms with E-state index in [-0.39, 0.29) is 18.3 Å². The highest BCUT2D eigenvalue weighted by Crippen LogP contribution is 2.10. The van der Waals surface area contributed by atoms with Crippen LogP contribution < -0.4 is 10.6 Å². The zero-order chi connectivity index (χ0) is 12.1. The summed E-state index contributed by atoms with van der Waals surface area (Å²) in [5.74, 6) is 0.178. The Morgan fingerprint density at radius 2 is 2.44 bits per heavy atom. The zero-order valence-electron chi connectivity index (χ0n) is 10.6. The average Bonchev–Trinajstić information content (AvgIpc) is 2.82. The normalized spacial score (nSPS) is 23.2. The molecule has 0 aromatic carbocycles. The van der Waals surface area contributed by atoms with Gasteiger partial charge < -0.3 is 10.6 Å². The van der Waals surface area contributed by atoms with Gasteiger partial charge in [0.25, 0.3) is 0 Å². The molecular formula is C13H21ClN2OS. The van der Waals surface area contributed by atoms with E-state index in [0.29, 0.717) is 18.5 Å². The minimum absolute atomic E-state index is 0. The Kier molecular flexibility index (Phi) is 6.68. The second-order valence-electron chi connectivity index (χ2n) is 4.69. The van der Waals surface area contributed by atoms with Gasteiger partial charge in [-0.2, -0.15) is 11.3 Å². The van der Waals surface area contributed by atoms with Crippen LogP contribution in [0.1, 0.15) is 31.7 Å². The zero-order valence-corrected chi connectivity index (χ0v) is 12.3. The molecule has 0 aliphatic carbocycles. The molecule has 5 heteroatoms. The molecule has 102 valence electrons. The molecule has 2 atom stereocenters. The Labute approximate surface area is 119 Å². The van der Waals surface area contributed by atoms with Crippen molar-refractivity contribution in [1.82, 2.24) is 10.6 Å². The highest BCUT2D eigenvalue weighted by atomic mass is 35.5. The second-order valence-corrected chi connectivity index (χ2v) is 5.47. The summed E-state index contributed by atoms with van der Waals surface area (Å²) in [5.41, 5.74) is 1.26. The van der Waals surface area contributed by atoms with Crippen LogP contribution in [0.4, 0.5) is 0 Å². The maximum absolute atomic E-state index is 11.8. The van der Waals surface area contributed by atoms with E-state index in [2.05, 4.69) is 34.4 Å². The summed E-state index contributed by atoms with van der Waals surface area (Å²) in [7, 11) is 0. The molecule has 1 aliphatic rings. The van der Waals surface area contributed by atoms with Crippen LogP contribution in [0.25, 0.3) is 0 Å². The molecule has 1 aromatic rings. The number of aryl methyl sites for hydroxylation is 1. The Morgan fingerprint density at radius 1 is 1.61 bits per heavy atom. The van der Waals surface area contributed by atoms with Gasteiger partial charge in [0.1, 0.15) is 0 Å². The van der Waals surface area contributed by atoms with Crippen molar-refractivity contribution >= 4 is 29.7 Å². The SMILES string of the molecule is CC1NCCCC1NC(=O)CCc1ccsc1.Cl. The molecule has 1 saturated heterocycles. The molecule has 1 aliphatic heterocycles. The van der Waals surface area contributed by atoms with Gasteiger partial charge in [-0.15, -0.1) is 12.4 Å². The van der Waals surface area contributed by atoms with Crippen LogP contribution in [-0.4, -0.2) is 24.5 Å². The molecular weight excluding hydrogens is 268 g/mol. The lowest BCUT2D eigenvalue weighted by Crippen LogP contribution is -2.51. The highest BCUT2D eigenvalue weighted by molar-refractivity contribution is 7.07. The van der Waals surface area contributed by atoms with Gasteiger partial charge in [0.2, 0.25) is 5.91 Å². The Morgan fingerprint density at radius 3 is 3.11 bits per heavy atom. The molecule has 2 N–H and O–H groups in total. The highest BCUT2D eigenvalue weighted by Gasteiger charge is 2.21. The van der Waals surface area contributed by atoms with Crippen molar-refractivity contribution in [3.8, 4) is 0 Å². The number of rotatable bonds is 4. The maximum Gasteiger partial charge on any atom is 0.220 e. The van der Waals surface area contributed by atoms with Gasteiger partial charge in [0.15, 0.2) is 0 Å². The van der Waals surface area contributed by atoms with E-state index < -0.39 is 0 Å². The molecule has 1 fully saturated rings. The number of amides is 1. The molecule has 0 saturated carbocycles. The van der Waals surface area contributed by atoms with Gasteiger partial charge in [0, 0.05) is 18.5 Å². The van der Waals surface area contributed by atoms with Gasteiger partial charge in [0.05, 0.1) is 0 Å². The maximum atomic E-state index is 11.8. The topological polar surface area (TPSA) is 41.1 Å². The third-order valence-electron chi connectivity index (χ3n) is 3.33. The fraction of sp³-hybridized carbons (Fsp3) is 0.615. The van der Waals surface area contributed by atoms with Gasteiger partial charge in [-0.05, 0) is 55.1 Å². The monoisotopic (exact) mass is 288 g/mol. The number of carbonyl (C=O) groups excluding carboxylic acids is 1. The van der Waals surface area contributed by atoms with E-state index in [1.165, 1.54) is 5.56 Å². The quantitative estimate of drug-likeness (QED) is 0.893. The van der Waals surface area contributed by atoms with Crippen molar-refractivity contribution in [2.75, 3.05) is 6.54 Å². The first kappa shape index (κ1) is 15.5. The first-order valence-electron chi connectivity index (χ1n) is 6.29. The van der Waals surface area contributed by atoms with E-state index in [1.807, 2.05) is 0 Å². The number of carbonyl (C=O) groups is 1. The predicted molar refractivity (Wildman–Crippen MR) is 78.5 cm³/mol. The molecule has 2 unspecified atom stereocenters. The van der Waals surface area contributed by atoms with E-state index >= 15 is 0 Å². The first-order valence-corrected chi connectivity index (χ1v) is 7.24. The van der Waals surface area contributed by atoms with Crippen LogP contribution in [0.3, 0.4) is 0 Å².